The normalized spacial score (nSPS) is 12.4. The number of rotatable bonds is 11. The second-order valence-corrected chi connectivity index (χ2v) is 9.70. The van der Waals surface area contributed by atoms with Crippen LogP contribution >= 0.6 is 0 Å². The van der Waals surface area contributed by atoms with Crippen molar-refractivity contribution < 1.29 is 13.2 Å². The van der Waals surface area contributed by atoms with E-state index in [0.717, 1.165) is 36.8 Å². The minimum absolute atomic E-state index is 0.174. The number of amides is 1. The van der Waals surface area contributed by atoms with Gasteiger partial charge in [0, 0.05) is 6.54 Å². The molecule has 0 aromatic heterocycles. The third-order valence-electron chi connectivity index (χ3n) is 5.38. The smallest absolute Gasteiger partial charge is 0.264 e. The lowest BCUT2D eigenvalue weighted by Crippen LogP contribution is -2.42. The van der Waals surface area contributed by atoms with Crippen LogP contribution in [0.25, 0.3) is 0 Å². The Morgan fingerprint density at radius 2 is 1.77 bits per heavy atom. The summed E-state index contributed by atoms with van der Waals surface area (Å²) in [5.74, 6) is 0.124. The Kier molecular flexibility index (Phi) is 8.90. The van der Waals surface area contributed by atoms with Gasteiger partial charge in [-0.3, -0.25) is 9.10 Å². The highest BCUT2D eigenvalue weighted by atomic mass is 32.2. The van der Waals surface area contributed by atoms with Crippen LogP contribution in [0.1, 0.15) is 50.7 Å². The molecule has 164 valence electrons. The number of aryl methyl sites for hydroxylation is 2. The number of anilines is 1. The summed E-state index contributed by atoms with van der Waals surface area (Å²) in [6.07, 6.45) is 4.31. The molecule has 0 unspecified atom stereocenters. The van der Waals surface area contributed by atoms with Gasteiger partial charge in [-0.2, -0.15) is 0 Å². The Morgan fingerprint density at radius 3 is 2.40 bits per heavy atom. The lowest BCUT2D eigenvalue weighted by molar-refractivity contribution is -0.119. The number of unbranched alkanes of at least 4 members (excludes halogenated alkanes) is 1. The first kappa shape index (κ1) is 23.9. The SMILES string of the molecule is CCCC[C@H](CC)CNC(=O)CN(c1cc(C)ccc1C)S(=O)(=O)c1ccccc1. The monoisotopic (exact) mass is 430 g/mol. The van der Waals surface area contributed by atoms with Gasteiger partial charge in [0.1, 0.15) is 6.54 Å². The number of hydrogen-bond donors (Lipinski definition) is 1. The fourth-order valence-corrected chi connectivity index (χ4v) is 4.89. The molecule has 0 saturated heterocycles. The van der Waals surface area contributed by atoms with E-state index in [1.807, 2.05) is 32.0 Å². The molecule has 0 radical (unpaired) electrons. The second kappa shape index (κ2) is 11.2. The van der Waals surface area contributed by atoms with Crippen LogP contribution in [0.4, 0.5) is 5.69 Å². The van der Waals surface area contributed by atoms with Crippen molar-refractivity contribution in [2.75, 3.05) is 17.4 Å². The van der Waals surface area contributed by atoms with E-state index in [-0.39, 0.29) is 17.3 Å². The van der Waals surface area contributed by atoms with Crippen LogP contribution in [0.15, 0.2) is 53.4 Å². The fraction of sp³-hybridized carbons (Fsp3) is 0.458. The van der Waals surface area contributed by atoms with E-state index in [1.165, 1.54) is 4.31 Å². The number of sulfonamides is 1. The van der Waals surface area contributed by atoms with E-state index in [1.54, 1.807) is 30.3 Å². The zero-order valence-corrected chi connectivity index (χ0v) is 19.3. The van der Waals surface area contributed by atoms with Crippen LogP contribution < -0.4 is 9.62 Å². The molecule has 5 nitrogen and oxygen atoms in total. The molecule has 0 saturated carbocycles. The quantitative estimate of drug-likeness (QED) is 0.555. The van der Waals surface area contributed by atoms with Gasteiger partial charge in [0.2, 0.25) is 5.91 Å². The fourth-order valence-electron chi connectivity index (χ4n) is 3.40. The van der Waals surface area contributed by atoms with Crippen molar-refractivity contribution in [1.29, 1.82) is 0 Å². The molecule has 30 heavy (non-hydrogen) atoms. The Labute approximate surface area is 181 Å². The molecule has 2 aromatic carbocycles. The van der Waals surface area contributed by atoms with Gasteiger partial charge in [0.05, 0.1) is 10.6 Å². The number of nitrogens with zero attached hydrogens (tertiary/aromatic N) is 1. The van der Waals surface area contributed by atoms with Crippen LogP contribution in [0.5, 0.6) is 0 Å². The number of hydrogen-bond acceptors (Lipinski definition) is 3. The van der Waals surface area contributed by atoms with Crippen molar-refractivity contribution in [3.8, 4) is 0 Å². The van der Waals surface area contributed by atoms with Crippen LogP contribution in [-0.4, -0.2) is 27.4 Å². The first-order chi connectivity index (χ1) is 14.3. The zero-order chi connectivity index (χ0) is 22.1. The van der Waals surface area contributed by atoms with Gasteiger partial charge >= 0.3 is 0 Å². The van der Waals surface area contributed by atoms with Gasteiger partial charge in [-0.15, -0.1) is 0 Å². The number of carbonyl (C=O) groups is 1. The van der Waals surface area contributed by atoms with Crippen molar-refractivity contribution in [2.45, 2.75) is 58.3 Å². The molecule has 1 N–H and O–H groups in total. The minimum Gasteiger partial charge on any atom is -0.354 e. The summed E-state index contributed by atoms with van der Waals surface area (Å²) < 4.78 is 28.1. The highest BCUT2D eigenvalue weighted by Crippen LogP contribution is 2.27. The van der Waals surface area contributed by atoms with Gasteiger partial charge in [0.15, 0.2) is 0 Å². The highest BCUT2D eigenvalue weighted by molar-refractivity contribution is 7.92. The average Bonchev–Trinajstić information content (AvgIpc) is 2.74. The Balaban J connectivity index is 2.29. The van der Waals surface area contributed by atoms with Gasteiger partial charge in [0.25, 0.3) is 10.0 Å². The molecule has 0 fully saturated rings. The van der Waals surface area contributed by atoms with Gasteiger partial charge < -0.3 is 5.32 Å². The van der Waals surface area contributed by atoms with E-state index in [9.17, 15) is 13.2 Å². The molecule has 6 heteroatoms. The molecule has 0 aliphatic carbocycles. The lowest BCUT2D eigenvalue weighted by atomic mass is 9.99. The number of nitrogens with one attached hydrogen (secondary N) is 1. The maximum Gasteiger partial charge on any atom is 0.264 e. The maximum absolute atomic E-state index is 13.4. The Hall–Kier alpha value is -2.34. The summed E-state index contributed by atoms with van der Waals surface area (Å²) >= 11 is 0. The lowest BCUT2D eigenvalue weighted by Gasteiger charge is -2.26. The number of carbonyl (C=O) groups excluding carboxylic acids is 1. The van der Waals surface area contributed by atoms with E-state index in [4.69, 9.17) is 0 Å². The van der Waals surface area contributed by atoms with E-state index >= 15 is 0 Å². The van der Waals surface area contributed by atoms with Gasteiger partial charge in [-0.1, -0.05) is 63.4 Å². The summed E-state index contributed by atoms with van der Waals surface area (Å²) in [4.78, 5) is 13.0. The Bertz CT molecular complexity index is 927. The van der Waals surface area contributed by atoms with Gasteiger partial charge in [-0.25, -0.2) is 8.42 Å². The topological polar surface area (TPSA) is 66.5 Å². The molecule has 1 amide bonds. The van der Waals surface area contributed by atoms with Crippen molar-refractivity contribution in [3.63, 3.8) is 0 Å². The molecule has 2 rings (SSSR count). The van der Waals surface area contributed by atoms with E-state index in [0.29, 0.717) is 18.2 Å². The summed E-state index contributed by atoms with van der Waals surface area (Å²) in [5, 5.41) is 2.96. The van der Waals surface area contributed by atoms with Crippen molar-refractivity contribution >= 4 is 21.6 Å². The van der Waals surface area contributed by atoms with E-state index in [2.05, 4.69) is 19.2 Å². The highest BCUT2D eigenvalue weighted by Gasteiger charge is 2.28. The predicted octanol–water partition coefficient (Wildman–Crippen LogP) is 4.83. The molecule has 0 spiro atoms. The largest absolute Gasteiger partial charge is 0.354 e. The first-order valence-corrected chi connectivity index (χ1v) is 12.1. The van der Waals surface area contributed by atoms with E-state index < -0.39 is 10.0 Å². The van der Waals surface area contributed by atoms with Crippen molar-refractivity contribution in [1.82, 2.24) is 5.32 Å². The first-order valence-electron chi connectivity index (χ1n) is 10.7. The van der Waals surface area contributed by atoms with Crippen LogP contribution in [-0.2, 0) is 14.8 Å². The van der Waals surface area contributed by atoms with Crippen molar-refractivity contribution in [2.24, 2.45) is 5.92 Å². The molecule has 2 aromatic rings. The number of benzene rings is 2. The summed E-state index contributed by atoms with van der Waals surface area (Å²) in [6.45, 7) is 8.37. The average molecular weight is 431 g/mol. The molecule has 0 aliphatic heterocycles. The standard InChI is InChI=1S/C24H34N2O3S/c1-5-7-11-21(6-2)17-25-24(27)18-26(23-16-19(3)14-15-20(23)4)30(28,29)22-12-9-8-10-13-22/h8-10,12-16,21H,5-7,11,17-18H2,1-4H3,(H,25,27)/t21-/m0/s1. The van der Waals surface area contributed by atoms with Gasteiger partial charge in [-0.05, 0) is 55.5 Å². The Morgan fingerprint density at radius 1 is 1.07 bits per heavy atom. The van der Waals surface area contributed by atoms with Crippen LogP contribution in [0, 0.1) is 19.8 Å². The summed E-state index contributed by atoms with van der Waals surface area (Å²) in [7, 11) is -3.87. The minimum atomic E-state index is -3.87. The molecule has 0 heterocycles. The van der Waals surface area contributed by atoms with Crippen LogP contribution in [0.2, 0.25) is 0 Å². The molecule has 0 aliphatic rings. The maximum atomic E-state index is 13.4. The second-order valence-electron chi connectivity index (χ2n) is 7.84. The molecular formula is C24H34N2O3S. The van der Waals surface area contributed by atoms with Crippen molar-refractivity contribution in [3.05, 3.63) is 59.7 Å². The summed E-state index contributed by atoms with van der Waals surface area (Å²) in [6, 6.07) is 13.9. The molecule has 0 bridgehead atoms. The summed E-state index contributed by atoms with van der Waals surface area (Å²) in [5.41, 5.74) is 2.28. The van der Waals surface area contributed by atoms with Crippen LogP contribution in [0.3, 0.4) is 0 Å². The zero-order valence-electron chi connectivity index (χ0n) is 18.5. The molecule has 1 atom stereocenters. The third-order valence-corrected chi connectivity index (χ3v) is 7.16. The molecular weight excluding hydrogens is 396 g/mol. The predicted molar refractivity (Wildman–Crippen MR) is 123 cm³/mol. The third kappa shape index (κ3) is 6.33.